The van der Waals surface area contributed by atoms with E-state index in [-0.39, 0.29) is 5.82 Å². The Labute approximate surface area is 110 Å². The van der Waals surface area contributed by atoms with Crippen LogP contribution in [0.25, 0.3) is 0 Å². The molecule has 2 nitrogen and oxygen atoms in total. The van der Waals surface area contributed by atoms with E-state index in [1.165, 1.54) is 12.1 Å². The van der Waals surface area contributed by atoms with E-state index in [1.54, 1.807) is 19.9 Å². The molecular formula is C13H19BrFNO. The van der Waals surface area contributed by atoms with Gasteiger partial charge >= 0.3 is 0 Å². The Balaban J connectivity index is 2.74. The van der Waals surface area contributed by atoms with Crippen molar-refractivity contribution in [2.45, 2.75) is 45.4 Å². The topological polar surface area (TPSA) is 32.3 Å². The number of rotatable bonds is 4. The Morgan fingerprint density at radius 3 is 2.35 bits per heavy atom. The van der Waals surface area contributed by atoms with Gasteiger partial charge < -0.3 is 10.4 Å². The third-order valence-corrected chi connectivity index (χ3v) is 4.00. The SMILES string of the molecule is CC(C)(O)C(C)(C)NCc1ccc(F)cc1Br. The first kappa shape index (κ1) is 14.6. The summed E-state index contributed by atoms with van der Waals surface area (Å²) in [6.45, 7) is 7.96. The van der Waals surface area contributed by atoms with Gasteiger partial charge in [-0.3, -0.25) is 0 Å². The van der Waals surface area contributed by atoms with Gasteiger partial charge in [-0.2, -0.15) is 0 Å². The highest BCUT2D eigenvalue weighted by Crippen LogP contribution is 2.23. The smallest absolute Gasteiger partial charge is 0.124 e. The van der Waals surface area contributed by atoms with Gasteiger partial charge in [0.05, 0.1) is 5.60 Å². The molecule has 0 amide bonds. The molecule has 0 bridgehead atoms. The lowest BCUT2D eigenvalue weighted by Gasteiger charge is -2.38. The molecule has 0 radical (unpaired) electrons. The molecule has 1 rings (SSSR count). The van der Waals surface area contributed by atoms with Crippen LogP contribution in [0.15, 0.2) is 22.7 Å². The van der Waals surface area contributed by atoms with Gasteiger partial charge in [0.2, 0.25) is 0 Å². The number of hydrogen-bond acceptors (Lipinski definition) is 2. The standard InChI is InChI=1S/C13H19BrFNO/c1-12(2,13(3,4)17)16-8-9-5-6-10(15)7-11(9)14/h5-7,16-17H,8H2,1-4H3. The fraction of sp³-hybridized carbons (Fsp3) is 0.538. The predicted octanol–water partition coefficient (Wildman–Crippen LogP) is 3.23. The zero-order valence-corrected chi connectivity index (χ0v) is 12.2. The van der Waals surface area contributed by atoms with E-state index >= 15 is 0 Å². The van der Waals surface area contributed by atoms with Crippen molar-refractivity contribution in [3.8, 4) is 0 Å². The zero-order chi connectivity index (χ0) is 13.3. The van der Waals surface area contributed by atoms with Crippen molar-refractivity contribution in [3.63, 3.8) is 0 Å². The largest absolute Gasteiger partial charge is 0.389 e. The lowest BCUT2D eigenvalue weighted by atomic mass is 9.86. The van der Waals surface area contributed by atoms with Gasteiger partial charge in [0.1, 0.15) is 5.82 Å². The second-order valence-corrected chi connectivity index (χ2v) is 6.13. The van der Waals surface area contributed by atoms with Crippen LogP contribution in [-0.2, 0) is 6.54 Å². The highest BCUT2D eigenvalue weighted by molar-refractivity contribution is 9.10. The summed E-state index contributed by atoms with van der Waals surface area (Å²) in [4.78, 5) is 0. The zero-order valence-electron chi connectivity index (χ0n) is 10.6. The molecule has 0 saturated heterocycles. The second-order valence-electron chi connectivity index (χ2n) is 5.27. The lowest BCUT2D eigenvalue weighted by molar-refractivity contribution is -0.00534. The first-order valence-electron chi connectivity index (χ1n) is 5.55. The molecule has 96 valence electrons. The molecule has 0 saturated carbocycles. The summed E-state index contributed by atoms with van der Waals surface area (Å²) in [6, 6.07) is 4.60. The average molecular weight is 304 g/mol. The minimum atomic E-state index is -0.834. The predicted molar refractivity (Wildman–Crippen MR) is 71.3 cm³/mol. The molecule has 0 aromatic heterocycles. The molecule has 0 aliphatic rings. The van der Waals surface area contributed by atoms with E-state index in [4.69, 9.17) is 0 Å². The van der Waals surface area contributed by atoms with Gasteiger partial charge in [0.15, 0.2) is 0 Å². The number of hydrogen-bond donors (Lipinski definition) is 2. The Bertz CT molecular complexity index is 399. The van der Waals surface area contributed by atoms with E-state index in [9.17, 15) is 9.50 Å². The van der Waals surface area contributed by atoms with Crippen LogP contribution in [0.1, 0.15) is 33.3 Å². The van der Waals surface area contributed by atoms with Crippen LogP contribution >= 0.6 is 15.9 Å². The number of halogens is 2. The first-order valence-corrected chi connectivity index (χ1v) is 6.34. The van der Waals surface area contributed by atoms with Crippen LogP contribution in [-0.4, -0.2) is 16.2 Å². The van der Waals surface area contributed by atoms with Gasteiger partial charge in [-0.05, 0) is 45.4 Å². The van der Waals surface area contributed by atoms with E-state index in [2.05, 4.69) is 21.2 Å². The molecule has 0 fully saturated rings. The Kier molecular flexibility index (Phi) is 4.33. The molecule has 0 aliphatic heterocycles. The van der Waals surface area contributed by atoms with Crippen molar-refractivity contribution >= 4 is 15.9 Å². The summed E-state index contributed by atoms with van der Waals surface area (Å²) in [5.41, 5.74) is -0.302. The van der Waals surface area contributed by atoms with Gasteiger partial charge in [-0.1, -0.05) is 22.0 Å². The third-order valence-electron chi connectivity index (χ3n) is 3.27. The molecule has 17 heavy (non-hydrogen) atoms. The number of nitrogens with one attached hydrogen (secondary N) is 1. The van der Waals surface area contributed by atoms with Crippen molar-refractivity contribution < 1.29 is 9.50 Å². The second kappa shape index (κ2) is 5.04. The van der Waals surface area contributed by atoms with E-state index in [1.807, 2.05) is 13.8 Å². The maximum absolute atomic E-state index is 12.9. The minimum Gasteiger partial charge on any atom is -0.389 e. The summed E-state index contributed by atoms with van der Waals surface area (Å²) < 4.78 is 13.7. The molecule has 4 heteroatoms. The van der Waals surface area contributed by atoms with Gasteiger partial charge in [0, 0.05) is 16.6 Å². The van der Waals surface area contributed by atoms with E-state index in [0.717, 1.165) is 10.0 Å². The van der Waals surface area contributed by atoms with Crippen molar-refractivity contribution in [1.29, 1.82) is 0 Å². The minimum absolute atomic E-state index is 0.262. The normalized spacial score (nSPS) is 12.9. The molecule has 0 aliphatic carbocycles. The van der Waals surface area contributed by atoms with Gasteiger partial charge in [0.25, 0.3) is 0 Å². The maximum Gasteiger partial charge on any atom is 0.124 e. The molecule has 0 unspecified atom stereocenters. The van der Waals surface area contributed by atoms with Crippen LogP contribution in [0.4, 0.5) is 4.39 Å². The average Bonchev–Trinajstić information content (AvgIpc) is 2.14. The maximum atomic E-state index is 12.9. The summed E-state index contributed by atoms with van der Waals surface area (Å²) in [5, 5.41) is 13.3. The summed E-state index contributed by atoms with van der Waals surface area (Å²) >= 11 is 3.32. The Morgan fingerprint density at radius 2 is 1.88 bits per heavy atom. The van der Waals surface area contributed by atoms with Crippen LogP contribution in [0.5, 0.6) is 0 Å². The fourth-order valence-electron chi connectivity index (χ4n) is 1.20. The summed E-state index contributed by atoms with van der Waals surface area (Å²) in [7, 11) is 0. The van der Waals surface area contributed by atoms with Crippen LogP contribution < -0.4 is 5.32 Å². The van der Waals surface area contributed by atoms with Crippen molar-refractivity contribution in [2.75, 3.05) is 0 Å². The van der Waals surface area contributed by atoms with Gasteiger partial charge in [-0.25, -0.2) is 4.39 Å². The van der Waals surface area contributed by atoms with Crippen LogP contribution in [0, 0.1) is 5.82 Å². The van der Waals surface area contributed by atoms with Gasteiger partial charge in [-0.15, -0.1) is 0 Å². The molecule has 2 N–H and O–H groups in total. The van der Waals surface area contributed by atoms with E-state index < -0.39 is 11.1 Å². The Morgan fingerprint density at radius 1 is 1.29 bits per heavy atom. The molecule has 0 spiro atoms. The lowest BCUT2D eigenvalue weighted by Crippen LogP contribution is -2.55. The summed E-state index contributed by atoms with van der Waals surface area (Å²) in [6.07, 6.45) is 0. The summed E-state index contributed by atoms with van der Waals surface area (Å²) in [5.74, 6) is -0.262. The van der Waals surface area contributed by atoms with Crippen molar-refractivity contribution in [2.24, 2.45) is 0 Å². The molecule has 1 aromatic carbocycles. The Hall–Kier alpha value is -0.450. The third kappa shape index (κ3) is 3.76. The highest BCUT2D eigenvalue weighted by atomic mass is 79.9. The number of benzene rings is 1. The molecular weight excluding hydrogens is 285 g/mol. The van der Waals surface area contributed by atoms with Crippen molar-refractivity contribution in [3.05, 3.63) is 34.1 Å². The fourth-order valence-corrected chi connectivity index (χ4v) is 1.69. The monoisotopic (exact) mass is 303 g/mol. The number of aliphatic hydroxyl groups is 1. The molecule has 0 atom stereocenters. The van der Waals surface area contributed by atoms with Crippen LogP contribution in [0.3, 0.4) is 0 Å². The first-order chi connectivity index (χ1) is 7.63. The van der Waals surface area contributed by atoms with E-state index in [0.29, 0.717) is 6.54 Å². The quantitative estimate of drug-likeness (QED) is 0.895. The van der Waals surface area contributed by atoms with Crippen molar-refractivity contribution in [1.82, 2.24) is 5.32 Å². The van der Waals surface area contributed by atoms with Crippen LogP contribution in [0.2, 0.25) is 0 Å². The molecule has 0 heterocycles. The molecule has 1 aromatic rings. The highest BCUT2D eigenvalue weighted by Gasteiger charge is 2.34.